The van der Waals surface area contributed by atoms with Crippen LogP contribution in [0.25, 0.3) is 0 Å². The minimum absolute atomic E-state index is 0.137. The van der Waals surface area contributed by atoms with Crippen LogP contribution >= 0.6 is 11.3 Å². The number of amides is 1. The molecule has 6 nitrogen and oxygen atoms in total. The zero-order chi connectivity index (χ0) is 19.3. The van der Waals surface area contributed by atoms with Crippen molar-refractivity contribution in [3.63, 3.8) is 0 Å². The summed E-state index contributed by atoms with van der Waals surface area (Å²) < 4.78 is 9.98. The third kappa shape index (κ3) is 4.83. The number of aryl methyl sites for hydroxylation is 1. The molecule has 140 valence electrons. The number of anilines is 1. The van der Waals surface area contributed by atoms with Crippen molar-refractivity contribution >= 4 is 28.2 Å². The number of ether oxygens (including phenoxy) is 2. The fourth-order valence-corrected chi connectivity index (χ4v) is 3.73. The third-order valence-electron chi connectivity index (χ3n) is 4.16. The Labute approximate surface area is 157 Å². The number of hydrogen-bond donors (Lipinski definition) is 2. The van der Waals surface area contributed by atoms with Crippen molar-refractivity contribution in [1.82, 2.24) is 0 Å². The molecule has 1 atom stereocenters. The van der Waals surface area contributed by atoms with E-state index in [0.717, 1.165) is 26.7 Å². The van der Waals surface area contributed by atoms with Crippen LogP contribution in [0, 0.1) is 13.8 Å². The third-order valence-corrected chi connectivity index (χ3v) is 5.28. The lowest BCUT2D eigenvalue weighted by molar-refractivity contribution is -0.885. The number of methoxy groups -OCH3 is 2. The predicted octanol–water partition coefficient (Wildman–Crippen LogP) is 1.81. The highest BCUT2D eigenvalue weighted by Crippen LogP contribution is 2.32. The van der Waals surface area contributed by atoms with Crippen molar-refractivity contribution in [2.24, 2.45) is 0 Å². The minimum atomic E-state index is -0.430. The Morgan fingerprint density at radius 3 is 2.38 bits per heavy atom. The maximum absolute atomic E-state index is 12.4. The summed E-state index contributed by atoms with van der Waals surface area (Å²) in [5, 5.41) is 3.41. The van der Waals surface area contributed by atoms with Gasteiger partial charge in [-0.25, -0.2) is 4.79 Å². The summed E-state index contributed by atoms with van der Waals surface area (Å²) in [6.07, 6.45) is 0. The van der Waals surface area contributed by atoms with Crippen LogP contribution in [0.1, 0.15) is 26.4 Å². The van der Waals surface area contributed by atoms with Gasteiger partial charge in [-0.2, -0.15) is 0 Å². The van der Waals surface area contributed by atoms with Gasteiger partial charge in [-0.1, -0.05) is 0 Å². The van der Waals surface area contributed by atoms with Crippen LogP contribution in [0.4, 0.5) is 5.00 Å². The summed E-state index contributed by atoms with van der Waals surface area (Å²) in [4.78, 5) is 26.4. The van der Waals surface area contributed by atoms with Crippen molar-refractivity contribution < 1.29 is 24.0 Å². The fraction of sp³-hybridized carbons (Fsp3) is 0.368. The van der Waals surface area contributed by atoms with Gasteiger partial charge < -0.3 is 19.7 Å². The van der Waals surface area contributed by atoms with Gasteiger partial charge in [0.05, 0.1) is 26.8 Å². The molecule has 1 heterocycles. The van der Waals surface area contributed by atoms with Crippen LogP contribution < -0.4 is 15.0 Å². The molecule has 1 aromatic carbocycles. The zero-order valence-corrected chi connectivity index (χ0v) is 16.6. The van der Waals surface area contributed by atoms with Crippen LogP contribution in [0.2, 0.25) is 0 Å². The summed E-state index contributed by atoms with van der Waals surface area (Å²) in [5.41, 5.74) is 2.40. The maximum atomic E-state index is 12.4. The van der Waals surface area contributed by atoms with Gasteiger partial charge in [0.1, 0.15) is 17.3 Å². The quantitative estimate of drug-likeness (QED) is 0.722. The van der Waals surface area contributed by atoms with E-state index in [2.05, 4.69) is 5.32 Å². The number of thiophene rings is 1. The molecular weight excluding hydrogens is 352 g/mol. The number of likely N-dealkylation sites (N-methyl/N-ethyl adjacent to an activating group) is 1. The Kier molecular flexibility index (Phi) is 6.76. The lowest BCUT2D eigenvalue weighted by atomic mass is 10.1. The molecule has 26 heavy (non-hydrogen) atoms. The highest BCUT2D eigenvalue weighted by molar-refractivity contribution is 7.16. The molecule has 7 heteroatoms. The highest BCUT2D eigenvalue weighted by atomic mass is 32.1. The van der Waals surface area contributed by atoms with Crippen molar-refractivity contribution in [2.75, 3.05) is 33.1 Å². The van der Waals surface area contributed by atoms with E-state index >= 15 is 0 Å². The monoisotopic (exact) mass is 377 g/mol. The van der Waals surface area contributed by atoms with Gasteiger partial charge in [-0.3, -0.25) is 4.79 Å². The van der Waals surface area contributed by atoms with Crippen LogP contribution in [-0.4, -0.2) is 39.7 Å². The van der Waals surface area contributed by atoms with Crippen molar-refractivity contribution in [2.45, 2.75) is 20.4 Å². The number of esters is 1. The lowest BCUT2D eigenvalue weighted by Crippen LogP contribution is -3.08. The van der Waals surface area contributed by atoms with Crippen LogP contribution in [0.5, 0.6) is 5.75 Å². The molecule has 0 saturated heterocycles. The van der Waals surface area contributed by atoms with E-state index < -0.39 is 5.97 Å². The Morgan fingerprint density at radius 1 is 1.15 bits per heavy atom. The molecule has 0 spiro atoms. The summed E-state index contributed by atoms with van der Waals surface area (Å²) in [5.74, 6) is 0.242. The van der Waals surface area contributed by atoms with E-state index in [1.807, 2.05) is 45.2 Å². The second-order valence-electron chi connectivity index (χ2n) is 6.19. The first-order valence-electron chi connectivity index (χ1n) is 8.28. The molecule has 1 unspecified atom stereocenters. The molecule has 2 aromatic rings. The van der Waals surface area contributed by atoms with Crippen LogP contribution in [0.15, 0.2) is 24.3 Å². The second kappa shape index (κ2) is 8.82. The van der Waals surface area contributed by atoms with E-state index in [-0.39, 0.29) is 5.91 Å². The Hall–Kier alpha value is -2.38. The number of quaternary nitrogens is 1. The summed E-state index contributed by atoms with van der Waals surface area (Å²) in [6.45, 7) is 4.78. The van der Waals surface area contributed by atoms with E-state index in [4.69, 9.17) is 9.47 Å². The van der Waals surface area contributed by atoms with Gasteiger partial charge in [0, 0.05) is 10.4 Å². The molecule has 1 amide bonds. The van der Waals surface area contributed by atoms with Crippen molar-refractivity contribution in [1.29, 1.82) is 0 Å². The largest absolute Gasteiger partial charge is 0.497 e. The molecule has 0 aliphatic rings. The number of carbonyl (C=O) groups is 2. The van der Waals surface area contributed by atoms with E-state index in [1.165, 1.54) is 18.4 Å². The SMILES string of the molecule is COC(=O)c1c(NC(=O)C[NH+](C)Cc2ccc(OC)cc2)sc(C)c1C. The summed E-state index contributed by atoms with van der Waals surface area (Å²) >= 11 is 1.39. The average molecular weight is 377 g/mol. The topological polar surface area (TPSA) is 69.1 Å². The molecule has 0 fully saturated rings. The van der Waals surface area contributed by atoms with Crippen molar-refractivity contribution in [3.8, 4) is 5.75 Å². The molecule has 0 aliphatic carbocycles. The van der Waals surface area contributed by atoms with Gasteiger partial charge in [-0.05, 0) is 43.7 Å². The Morgan fingerprint density at radius 2 is 1.81 bits per heavy atom. The first kappa shape index (κ1) is 19.9. The molecule has 2 rings (SSSR count). The molecule has 1 aromatic heterocycles. The number of hydrogen-bond acceptors (Lipinski definition) is 5. The zero-order valence-electron chi connectivity index (χ0n) is 15.8. The minimum Gasteiger partial charge on any atom is -0.497 e. The number of carbonyl (C=O) groups excluding carboxylic acids is 2. The second-order valence-corrected chi connectivity index (χ2v) is 7.41. The maximum Gasteiger partial charge on any atom is 0.341 e. The van der Waals surface area contributed by atoms with E-state index in [1.54, 1.807) is 7.11 Å². The normalized spacial score (nSPS) is 11.7. The Balaban J connectivity index is 1.99. The Bertz CT molecular complexity index is 784. The standard InChI is InChI=1S/C19H24N2O4S/c1-12-13(2)26-18(17(12)19(23)25-5)20-16(22)11-21(3)10-14-6-8-15(24-4)9-7-14/h6-9H,10-11H2,1-5H3,(H,20,22)/p+1. The molecule has 0 radical (unpaired) electrons. The fourth-order valence-electron chi connectivity index (χ4n) is 2.66. The van der Waals surface area contributed by atoms with Gasteiger partial charge >= 0.3 is 5.97 Å². The smallest absolute Gasteiger partial charge is 0.341 e. The molecule has 2 N–H and O–H groups in total. The van der Waals surface area contributed by atoms with E-state index in [0.29, 0.717) is 23.7 Å². The lowest BCUT2D eigenvalue weighted by Gasteiger charge is -2.14. The molecule has 0 bridgehead atoms. The van der Waals surface area contributed by atoms with Crippen LogP contribution in [0.3, 0.4) is 0 Å². The van der Waals surface area contributed by atoms with Crippen LogP contribution in [-0.2, 0) is 16.1 Å². The number of benzene rings is 1. The van der Waals surface area contributed by atoms with E-state index in [9.17, 15) is 9.59 Å². The van der Waals surface area contributed by atoms with Gasteiger partial charge in [0.2, 0.25) is 0 Å². The molecular formula is C19H25N2O4S+. The van der Waals surface area contributed by atoms with Crippen molar-refractivity contribution in [3.05, 3.63) is 45.8 Å². The average Bonchev–Trinajstić information content (AvgIpc) is 2.88. The molecule has 0 aliphatic heterocycles. The predicted molar refractivity (Wildman–Crippen MR) is 102 cm³/mol. The van der Waals surface area contributed by atoms with Gasteiger partial charge in [0.25, 0.3) is 5.91 Å². The highest BCUT2D eigenvalue weighted by Gasteiger charge is 2.22. The first-order valence-corrected chi connectivity index (χ1v) is 9.09. The number of rotatable bonds is 7. The molecule has 0 saturated carbocycles. The van der Waals surface area contributed by atoms with Gasteiger partial charge in [0.15, 0.2) is 6.54 Å². The van der Waals surface area contributed by atoms with Gasteiger partial charge in [-0.15, -0.1) is 11.3 Å². The number of nitrogens with one attached hydrogen (secondary N) is 2. The summed E-state index contributed by atoms with van der Waals surface area (Å²) in [7, 11) is 4.93. The first-order chi connectivity index (χ1) is 12.3. The summed E-state index contributed by atoms with van der Waals surface area (Å²) in [6, 6.07) is 7.79.